The molecule has 2 N–H and O–H groups in total. The van der Waals surface area contributed by atoms with Gasteiger partial charge in [0.25, 0.3) is 0 Å². The maximum Gasteiger partial charge on any atom is 0.321 e. The number of hydrogen-bond acceptors (Lipinski definition) is 5. The molecule has 120 valence electrons. The molecule has 0 radical (unpaired) electrons. The van der Waals surface area contributed by atoms with Gasteiger partial charge in [-0.2, -0.15) is 0 Å². The molecule has 7 heteroatoms. The van der Waals surface area contributed by atoms with E-state index < -0.39 is 6.03 Å². The standard InChI is InChI=1S/C14H25N3O4/c1-4-5-6-15-14(20)16-12(18)9-17-7-10(2)11(8-17)13(19)21-3/h10-11H,4-9H2,1-3H3,(H2,15,16,18,20). The van der Waals surface area contributed by atoms with E-state index in [9.17, 15) is 14.4 Å². The fraction of sp³-hybridized carbons (Fsp3) is 0.786. The minimum atomic E-state index is -0.467. The minimum absolute atomic E-state index is 0.110. The van der Waals surface area contributed by atoms with Gasteiger partial charge in [-0.3, -0.25) is 19.8 Å². The van der Waals surface area contributed by atoms with Crippen LogP contribution in [0.2, 0.25) is 0 Å². The second-order valence-corrected chi connectivity index (χ2v) is 5.46. The number of likely N-dealkylation sites (tertiary alicyclic amines) is 1. The first-order valence-corrected chi connectivity index (χ1v) is 7.35. The Morgan fingerprint density at radius 2 is 2.00 bits per heavy atom. The average Bonchev–Trinajstić information content (AvgIpc) is 2.78. The predicted molar refractivity (Wildman–Crippen MR) is 77.6 cm³/mol. The van der Waals surface area contributed by atoms with Crippen LogP contribution in [0.3, 0.4) is 0 Å². The molecular formula is C14H25N3O4. The lowest BCUT2D eigenvalue weighted by atomic mass is 9.99. The maximum absolute atomic E-state index is 11.8. The van der Waals surface area contributed by atoms with Crippen molar-refractivity contribution >= 4 is 17.9 Å². The van der Waals surface area contributed by atoms with Crippen molar-refractivity contribution in [3.63, 3.8) is 0 Å². The molecule has 0 aromatic carbocycles. The Bertz CT molecular complexity index is 386. The molecule has 1 rings (SSSR count). The van der Waals surface area contributed by atoms with Crippen molar-refractivity contribution in [3.8, 4) is 0 Å². The van der Waals surface area contributed by atoms with Gasteiger partial charge in [0.15, 0.2) is 0 Å². The van der Waals surface area contributed by atoms with E-state index in [1.807, 2.05) is 18.7 Å². The summed E-state index contributed by atoms with van der Waals surface area (Å²) in [5.74, 6) is -0.672. The molecule has 0 spiro atoms. The predicted octanol–water partition coefficient (Wildman–Crippen LogP) is 0.353. The van der Waals surface area contributed by atoms with Crippen molar-refractivity contribution in [3.05, 3.63) is 0 Å². The average molecular weight is 299 g/mol. The number of imide groups is 1. The highest BCUT2D eigenvalue weighted by Gasteiger charge is 2.36. The summed E-state index contributed by atoms with van der Waals surface area (Å²) in [6, 6.07) is -0.467. The maximum atomic E-state index is 11.8. The van der Waals surface area contributed by atoms with Gasteiger partial charge in [0.2, 0.25) is 5.91 Å². The quantitative estimate of drug-likeness (QED) is 0.546. The topological polar surface area (TPSA) is 87.7 Å². The van der Waals surface area contributed by atoms with Crippen LogP contribution in [0.5, 0.6) is 0 Å². The summed E-state index contributed by atoms with van der Waals surface area (Å²) in [4.78, 5) is 36.6. The molecule has 1 aliphatic heterocycles. The van der Waals surface area contributed by atoms with Crippen LogP contribution in [0.15, 0.2) is 0 Å². The zero-order chi connectivity index (χ0) is 15.8. The summed E-state index contributed by atoms with van der Waals surface area (Å²) in [5.41, 5.74) is 0. The number of carbonyl (C=O) groups excluding carboxylic acids is 3. The van der Waals surface area contributed by atoms with Gasteiger partial charge in [-0.1, -0.05) is 20.3 Å². The molecule has 0 saturated carbocycles. The largest absolute Gasteiger partial charge is 0.469 e. The third kappa shape index (κ3) is 5.71. The minimum Gasteiger partial charge on any atom is -0.469 e. The summed E-state index contributed by atoms with van der Waals surface area (Å²) in [6.07, 6.45) is 1.86. The molecular weight excluding hydrogens is 274 g/mol. The lowest BCUT2D eigenvalue weighted by Gasteiger charge is -2.14. The number of carbonyl (C=O) groups is 3. The van der Waals surface area contributed by atoms with Crippen molar-refractivity contribution in [1.82, 2.24) is 15.5 Å². The lowest BCUT2D eigenvalue weighted by molar-refractivity contribution is -0.146. The summed E-state index contributed by atoms with van der Waals surface area (Å²) in [5, 5.41) is 4.91. The van der Waals surface area contributed by atoms with Crippen LogP contribution in [0.4, 0.5) is 4.79 Å². The highest BCUT2D eigenvalue weighted by Crippen LogP contribution is 2.23. The van der Waals surface area contributed by atoms with Crippen LogP contribution in [0, 0.1) is 11.8 Å². The number of esters is 1. The summed E-state index contributed by atoms with van der Waals surface area (Å²) in [6.45, 7) is 5.77. The van der Waals surface area contributed by atoms with Crippen molar-refractivity contribution in [2.45, 2.75) is 26.7 Å². The first-order valence-electron chi connectivity index (χ1n) is 7.35. The number of methoxy groups -OCH3 is 1. The zero-order valence-corrected chi connectivity index (χ0v) is 13.0. The monoisotopic (exact) mass is 299 g/mol. The van der Waals surface area contributed by atoms with E-state index >= 15 is 0 Å². The highest BCUT2D eigenvalue weighted by molar-refractivity contribution is 5.95. The number of rotatable bonds is 6. The van der Waals surface area contributed by atoms with E-state index in [1.165, 1.54) is 7.11 Å². The number of nitrogens with one attached hydrogen (secondary N) is 2. The van der Waals surface area contributed by atoms with Crippen molar-refractivity contribution < 1.29 is 19.1 Å². The molecule has 7 nitrogen and oxygen atoms in total. The Kier molecular flexibility index (Phi) is 7.14. The van der Waals surface area contributed by atoms with Crippen molar-refractivity contribution in [2.75, 3.05) is 33.3 Å². The van der Waals surface area contributed by atoms with E-state index in [1.54, 1.807) is 0 Å². The molecule has 1 saturated heterocycles. The molecule has 0 aromatic rings. The van der Waals surface area contributed by atoms with E-state index in [4.69, 9.17) is 4.74 Å². The number of hydrogen-bond donors (Lipinski definition) is 2. The normalized spacial score (nSPS) is 21.9. The van der Waals surface area contributed by atoms with E-state index in [2.05, 4.69) is 10.6 Å². The van der Waals surface area contributed by atoms with Crippen LogP contribution in [0.25, 0.3) is 0 Å². The Hall–Kier alpha value is -1.63. The van der Waals surface area contributed by atoms with Crippen LogP contribution < -0.4 is 10.6 Å². The Labute approximate surface area is 125 Å². The molecule has 1 heterocycles. The molecule has 3 amide bonds. The molecule has 2 atom stereocenters. The second kappa shape index (κ2) is 8.61. The van der Waals surface area contributed by atoms with Crippen molar-refractivity contribution in [2.24, 2.45) is 11.8 Å². The number of nitrogens with zero attached hydrogens (tertiary/aromatic N) is 1. The number of ether oxygens (including phenoxy) is 1. The van der Waals surface area contributed by atoms with Gasteiger partial charge in [-0.25, -0.2) is 4.79 Å². The number of unbranched alkanes of at least 4 members (excludes halogenated alkanes) is 1. The molecule has 21 heavy (non-hydrogen) atoms. The first-order chi connectivity index (χ1) is 9.97. The van der Waals surface area contributed by atoms with Crippen LogP contribution >= 0.6 is 0 Å². The van der Waals surface area contributed by atoms with Gasteiger partial charge in [0.05, 0.1) is 19.6 Å². The highest BCUT2D eigenvalue weighted by atomic mass is 16.5. The van der Waals surface area contributed by atoms with Crippen LogP contribution in [0.1, 0.15) is 26.7 Å². The van der Waals surface area contributed by atoms with Crippen LogP contribution in [-0.4, -0.2) is 56.1 Å². The van der Waals surface area contributed by atoms with Crippen LogP contribution in [-0.2, 0) is 14.3 Å². The Morgan fingerprint density at radius 3 is 2.62 bits per heavy atom. The second-order valence-electron chi connectivity index (χ2n) is 5.46. The third-order valence-electron chi connectivity index (χ3n) is 3.63. The number of urea groups is 1. The van der Waals surface area contributed by atoms with E-state index in [-0.39, 0.29) is 30.3 Å². The smallest absolute Gasteiger partial charge is 0.321 e. The first kappa shape index (κ1) is 17.4. The summed E-state index contributed by atoms with van der Waals surface area (Å²) < 4.78 is 4.75. The summed E-state index contributed by atoms with van der Waals surface area (Å²) in [7, 11) is 1.37. The summed E-state index contributed by atoms with van der Waals surface area (Å²) >= 11 is 0. The molecule has 2 unspecified atom stereocenters. The number of amides is 3. The molecule has 0 aliphatic carbocycles. The fourth-order valence-electron chi connectivity index (χ4n) is 2.45. The molecule has 1 aliphatic rings. The SMILES string of the molecule is CCCCNC(=O)NC(=O)CN1CC(C)C(C(=O)OC)C1. The van der Waals surface area contributed by atoms with Gasteiger partial charge < -0.3 is 10.1 Å². The molecule has 0 bridgehead atoms. The van der Waals surface area contributed by atoms with Gasteiger partial charge in [0.1, 0.15) is 0 Å². The Balaban J connectivity index is 2.32. The van der Waals surface area contributed by atoms with Gasteiger partial charge >= 0.3 is 12.0 Å². The molecule has 1 fully saturated rings. The van der Waals surface area contributed by atoms with Gasteiger partial charge in [0, 0.05) is 19.6 Å². The fourth-order valence-corrected chi connectivity index (χ4v) is 2.45. The third-order valence-corrected chi connectivity index (χ3v) is 3.63. The Morgan fingerprint density at radius 1 is 1.29 bits per heavy atom. The van der Waals surface area contributed by atoms with Gasteiger partial charge in [-0.15, -0.1) is 0 Å². The van der Waals surface area contributed by atoms with E-state index in [0.29, 0.717) is 19.6 Å². The van der Waals surface area contributed by atoms with Gasteiger partial charge in [-0.05, 0) is 12.3 Å². The van der Waals surface area contributed by atoms with Crippen molar-refractivity contribution in [1.29, 1.82) is 0 Å². The lowest BCUT2D eigenvalue weighted by Crippen LogP contribution is -2.44. The zero-order valence-electron chi connectivity index (χ0n) is 13.0. The molecule has 0 aromatic heterocycles. The van der Waals surface area contributed by atoms with E-state index in [0.717, 1.165) is 12.8 Å².